The van der Waals surface area contributed by atoms with Crippen molar-refractivity contribution in [2.24, 2.45) is 5.92 Å². The van der Waals surface area contributed by atoms with Gasteiger partial charge in [-0.15, -0.1) is 0 Å². The van der Waals surface area contributed by atoms with Gasteiger partial charge in [0.2, 0.25) is 5.91 Å². The second kappa shape index (κ2) is 11.1. The summed E-state index contributed by atoms with van der Waals surface area (Å²) >= 11 is 0. The molecule has 1 amide bonds. The molecule has 0 radical (unpaired) electrons. The highest BCUT2D eigenvalue weighted by molar-refractivity contribution is 5.89. The number of carbonyl (C=O) groups excluding carboxylic acids is 1. The maximum Gasteiger partial charge on any atom is 0.335 e. The number of fused-ring (bicyclic) bond motifs is 1. The fourth-order valence-corrected chi connectivity index (χ4v) is 5.90. The van der Waals surface area contributed by atoms with Gasteiger partial charge in [-0.3, -0.25) is 9.69 Å². The van der Waals surface area contributed by atoms with Crippen LogP contribution in [0.15, 0.2) is 91.0 Å². The molecule has 202 valence electrons. The van der Waals surface area contributed by atoms with Crippen LogP contribution in [0.25, 0.3) is 11.1 Å². The first-order chi connectivity index (χ1) is 19.5. The molecule has 1 fully saturated rings. The van der Waals surface area contributed by atoms with Gasteiger partial charge in [-0.2, -0.15) is 0 Å². The number of aromatic carboxylic acids is 1. The summed E-state index contributed by atoms with van der Waals surface area (Å²) in [6.07, 6.45) is 1.67. The van der Waals surface area contributed by atoms with Crippen molar-refractivity contribution in [2.75, 3.05) is 6.54 Å². The van der Waals surface area contributed by atoms with Crippen LogP contribution >= 0.6 is 0 Å². The molecule has 0 saturated heterocycles. The lowest BCUT2D eigenvalue weighted by Gasteiger charge is -2.32. The highest BCUT2D eigenvalue weighted by atomic mass is 19.1. The molecule has 4 aromatic carbocycles. The number of carbonyl (C=O) groups is 2. The lowest BCUT2D eigenvalue weighted by atomic mass is 9.87. The normalized spacial score (nSPS) is 18.1. The van der Waals surface area contributed by atoms with E-state index in [1.807, 2.05) is 36.4 Å². The van der Waals surface area contributed by atoms with Gasteiger partial charge in [0.25, 0.3) is 0 Å². The SMILES string of the molecule is O=C(O)c1cccc(-c2ccc(CNC(=O)[C@H]3C[C@H]3c3ccccc3)c3c2CCN(Cc2ccc(F)cc2)C3)c1. The third kappa shape index (κ3) is 5.54. The van der Waals surface area contributed by atoms with Gasteiger partial charge in [-0.1, -0.05) is 66.7 Å². The summed E-state index contributed by atoms with van der Waals surface area (Å²) in [5.41, 5.74) is 7.86. The fourth-order valence-electron chi connectivity index (χ4n) is 5.90. The standard InChI is InChI=1S/C34H31FN2O3/c35-27-12-9-22(10-13-27)20-37-16-15-29-28(24-7-4-8-25(17-24)34(39)40)14-11-26(32(29)21-37)19-36-33(38)31-18-30(31)23-5-2-1-3-6-23/h1-14,17,30-31H,15-16,18-21H2,(H,36,38)(H,39,40)/t30-,31-/m0/s1. The molecule has 0 bridgehead atoms. The minimum absolute atomic E-state index is 0.00577. The summed E-state index contributed by atoms with van der Waals surface area (Å²) in [4.78, 5) is 27.0. The molecule has 0 aromatic heterocycles. The van der Waals surface area contributed by atoms with Gasteiger partial charge < -0.3 is 10.4 Å². The molecule has 1 aliphatic carbocycles. The van der Waals surface area contributed by atoms with Gasteiger partial charge >= 0.3 is 5.97 Å². The Morgan fingerprint density at radius 1 is 0.925 bits per heavy atom. The van der Waals surface area contributed by atoms with Gasteiger partial charge in [0, 0.05) is 32.1 Å². The Morgan fingerprint density at radius 3 is 2.50 bits per heavy atom. The predicted octanol–water partition coefficient (Wildman–Crippen LogP) is 6.17. The summed E-state index contributed by atoms with van der Waals surface area (Å²) < 4.78 is 13.4. The molecule has 2 atom stereocenters. The quantitative estimate of drug-likeness (QED) is 0.284. The second-order valence-electron chi connectivity index (χ2n) is 10.8. The number of amides is 1. The number of hydrogen-bond acceptors (Lipinski definition) is 3. The van der Waals surface area contributed by atoms with Crippen LogP contribution in [-0.4, -0.2) is 28.4 Å². The molecule has 2 aliphatic rings. The Bertz CT molecular complexity index is 1550. The fraction of sp³-hybridized carbons (Fsp3) is 0.235. The zero-order valence-electron chi connectivity index (χ0n) is 22.1. The number of rotatable bonds is 8. The number of halogens is 1. The number of carboxylic acid groups (broad SMARTS) is 1. The zero-order valence-corrected chi connectivity index (χ0v) is 22.1. The maximum atomic E-state index is 13.4. The number of hydrogen-bond donors (Lipinski definition) is 2. The summed E-state index contributed by atoms with van der Waals surface area (Å²) in [5.74, 6) is -0.824. The molecule has 2 N–H and O–H groups in total. The molecule has 4 aromatic rings. The zero-order chi connectivity index (χ0) is 27.6. The first-order valence-corrected chi connectivity index (χ1v) is 13.7. The van der Waals surface area contributed by atoms with Crippen LogP contribution in [0.4, 0.5) is 4.39 Å². The molecular formula is C34H31FN2O3. The van der Waals surface area contributed by atoms with Crippen LogP contribution in [0.1, 0.15) is 50.5 Å². The summed E-state index contributed by atoms with van der Waals surface area (Å²) in [5, 5.41) is 12.7. The first-order valence-electron chi connectivity index (χ1n) is 13.7. The van der Waals surface area contributed by atoms with Crippen LogP contribution in [0.2, 0.25) is 0 Å². The number of carboxylic acids is 1. The van der Waals surface area contributed by atoms with E-state index in [-0.39, 0.29) is 29.1 Å². The Labute approximate surface area is 233 Å². The summed E-state index contributed by atoms with van der Waals surface area (Å²) in [6, 6.07) is 28.0. The lowest BCUT2D eigenvalue weighted by Crippen LogP contribution is -2.32. The van der Waals surface area contributed by atoms with Crippen molar-refractivity contribution in [3.63, 3.8) is 0 Å². The Hall–Kier alpha value is -4.29. The van der Waals surface area contributed by atoms with Crippen molar-refractivity contribution in [2.45, 2.75) is 38.4 Å². The van der Waals surface area contributed by atoms with E-state index in [2.05, 4.69) is 34.5 Å². The molecule has 1 heterocycles. The van der Waals surface area contributed by atoms with Crippen LogP contribution in [-0.2, 0) is 30.8 Å². The maximum absolute atomic E-state index is 13.4. The molecule has 6 rings (SSSR count). The van der Waals surface area contributed by atoms with E-state index >= 15 is 0 Å². The molecule has 1 aliphatic heterocycles. The molecule has 6 heteroatoms. The molecule has 40 heavy (non-hydrogen) atoms. The van der Waals surface area contributed by atoms with E-state index in [0.29, 0.717) is 19.6 Å². The van der Waals surface area contributed by atoms with Crippen LogP contribution < -0.4 is 5.32 Å². The highest BCUT2D eigenvalue weighted by Crippen LogP contribution is 2.47. The monoisotopic (exact) mass is 534 g/mol. The third-order valence-corrected chi connectivity index (χ3v) is 8.14. The van der Waals surface area contributed by atoms with Crippen molar-refractivity contribution in [1.29, 1.82) is 0 Å². The van der Waals surface area contributed by atoms with E-state index < -0.39 is 5.97 Å². The largest absolute Gasteiger partial charge is 0.478 e. The molecule has 0 unspecified atom stereocenters. The minimum Gasteiger partial charge on any atom is -0.478 e. The average Bonchev–Trinajstić information content (AvgIpc) is 3.79. The van der Waals surface area contributed by atoms with Gasteiger partial charge in [-0.25, -0.2) is 9.18 Å². The van der Waals surface area contributed by atoms with Crippen molar-refractivity contribution in [1.82, 2.24) is 10.2 Å². The topological polar surface area (TPSA) is 69.6 Å². The van der Waals surface area contributed by atoms with E-state index in [9.17, 15) is 19.1 Å². The van der Waals surface area contributed by atoms with E-state index in [1.165, 1.54) is 28.8 Å². The van der Waals surface area contributed by atoms with Gasteiger partial charge in [-0.05, 0) is 82.0 Å². The molecular weight excluding hydrogens is 503 g/mol. The second-order valence-corrected chi connectivity index (χ2v) is 10.8. The molecule has 0 spiro atoms. The van der Waals surface area contributed by atoms with Crippen molar-refractivity contribution in [3.05, 3.63) is 130 Å². The predicted molar refractivity (Wildman–Crippen MR) is 152 cm³/mol. The van der Waals surface area contributed by atoms with E-state index in [0.717, 1.165) is 41.6 Å². The Balaban J connectivity index is 1.25. The summed E-state index contributed by atoms with van der Waals surface area (Å²) in [6.45, 7) is 2.66. The van der Waals surface area contributed by atoms with Gasteiger partial charge in [0.1, 0.15) is 5.82 Å². The lowest BCUT2D eigenvalue weighted by molar-refractivity contribution is -0.122. The third-order valence-electron chi connectivity index (χ3n) is 8.14. The van der Waals surface area contributed by atoms with Crippen molar-refractivity contribution >= 4 is 11.9 Å². The Kier molecular flexibility index (Phi) is 7.18. The molecule has 5 nitrogen and oxygen atoms in total. The van der Waals surface area contributed by atoms with Gasteiger partial charge in [0.05, 0.1) is 5.56 Å². The smallest absolute Gasteiger partial charge is 0.335 e. The average molecular weight is 535 g/mol. The first kappa shape index (κ1) is 26.0. The number of nitrogens with zero attached hydrogens (tertiary/aromatic N) is 1. The number of nitrogens with one attached hydrogen (secondary N) is 1. The summed E-state index contributed by atoms with van der Waals surface area (Å²) in [7, 11) is 0. The van der Waals surface area contributed by atoms with Gasteiger partial charge in [0.15, 0.2) is 0 Å². The highest BCUT2D eigenvalue weighted by Gasteiger charge is 2.43. The molecule has 1 saturated carbocycles. The Morgan fingerprint density at radius 2 is 1.73 bits per heavy atom. The van der Waals surface area contributed by atoms with Crippen LogP contribution in [0.5, 0.6) is 0 Å². The van der Waals surface area contributed by atoms with Crippen LogP contribution in [0.3, 0.4) is 0 Å². The number of benzene rings is 4. The van der Waals surface area contributed by atoms with Crippen molar-refractivity contribution in [3.8, 4) is 11.1 Å². The minimum atomic E-state index is -0.950. The van der Waals surface area contributed by atoms with Crippen LogP contribution in [0, 0.1) is 11.7 Å². The van der Waals surface area contributed by atoms with E-state index in [1.54, 1.807) is 18.2 Å². The van der Waals surface area contributed by atoms with Crippen molar-refractivity contribution < 1.29 is 19.1 Å². The van der Waals surface area contributed by atoms with E-state index in [4.69, 9.17) is 0 Å².